The number of methoxy groups -OCH3 is 1. The van der Waals surface area contributed by atoms with Gasteiger partial charge in [0, 0.05) is 24.2 Å². The van der Waals surface area contributed by atoms with Gasteiger partial charge in [0.05, 0.1) is 13.5 Å². The largest absolute Gasteiger partial charge is 0.469 e. The van der Waals surface area contributed by atoms with Crippen LogP contribution in [0.3, 0.4) is 0 Å². The smallest absolute Gasteiger partial charge is 0.307 e. The van der Waals surface area contributed by atoms with Crippen molar-refractivity contribution in [1.82, 2.24) is 4.90 Å². The summed E-state index contributed by atoms with van der Waals surface area (Å²) in [7, 11) is 1.29. The molecule has 4 nitrogen and oxygen atoms in total. The predicted octanol–water partition coefficient (Wildman–Crippen LogP) is 2.52. The van der Waals surface area contributed by atoms with Crippen molar-refractivity contribution in [3.63, 3.8) is 0 Å². The summed E-state index contributed by atoms with van der Waals surface area (Å²) >= 11 is 0. The molecule has 1 unspecified atom stereocenters. The molecular weight excluding hydrogens is 280 g/mol. The monoisotopic (exact) mass is 297 g/mol. The average Bonchev–Trinajstić information content (AvgIpc) is 2.46. The van der Waals surface area contributed by atoms with Crippen molar-refractivity contribution in [2.24, 2.45) is 0 Å². The minimum absolute atomic E-state index is 0.0377. The Morgan fingerprint density at radius 3 is 2.52 bits per heavy atom. The van der Waals surface area contributed by atoms with Crippen molar-refractivity contribution in [2.75, 3.05) is 13.7 Å². The number of benzene rings is 1. The predicted molar refractivity (Wildman–Crippen MR) is 71.7 cm³/mol. The second-order valence-corrected chi connectivity index (χ2v) is 5.09. The van der Waals surface area contributed by atoms with Gasteiger partial charge >= 0.3 is 5.97 Å². The summed E-state index contributed by atoms with van der Waals surface area (Å²) in [4.78, 5) is 25.3. The minimum Gasteiger partial charge on any atom is -0.469 e. The zero-order valence-corrected chi connectivity index (χ0v) is 11.8. The van der Waals surface area contributed by atoms with Crippen molar-refractivity contribution in [1.29, 1.82) is 0 Å². The van der Waals surface area contributed by atoms with Gasteiger partial charge in [-0.1, -0.05) is 0 Å². The first-order valence-corrected chi connectivity index (χ1v) is 6.85. The maximum Gasteiger partial charge on any atom is 0.307 e. The van der Waals surface area contributed by atoms with E-state index in [1.54, 1.807) is 0 Å². The summed E-state index contributed by atoms with van der Waals surface area (Å²) in [6.07, 6.45) is 2.49. The van der Waals surface area contributed by atoms with Crippen LogP contribution in [0.1, 0.15) is 36.0 Å². The van der Waals surface area contributed by atoms with Crippen LogP contribution in [-0.4, -0.2) is 36.5 Å². The molecule has 6 heteroatoms. The van der Waals surface area contributed by atoms with E-state index in [-0.39, 0.29) is 18.0 Å². The molecule has 1 saturated heterocycles. The second kappa shape index (κ2) is 6.65. The van der Waals surface area contributed by atoms with Crippen LogP contribution in [0.4, 0.5) is 8.78 Å². The summed E-state index contributed by atoms with van der Waals surface area (Å²) in [5, 5.41) is 0. The molecule has 1 fully saturated rings. The van der Waals surface area contributed by atoms with Gasteiger partial charge in [-0.15, -0.1) is 0 Å². The molecule has 1 aliphatic rings. The van der Waals surface area contributed by atoms with Crippen LogP contribution >= 0.6 is 0 Å². The number of halogens is 2. The standard InChI is InChI=1S/C15H17F2NO3/c1-21-14(19)9-13-4-2-3-5-18(13)15(20)10-6-11(16)8-12(17)7-10/h6-8,13H,2-5,9H2,1H3. The molecule has 2 rings (SSSR count). The fourth-order valence-corrected chi connectivity index (χ4v) is 2.60. The van der Waals surface area contributed by atoms with Gasteiger partial charge in [0.25, 0.3) is 5.91 Å². The van der Waals surface area contributed by atoms with Crippen molar-refractivity contribution in [3.05, 3.63) is 35.4 Å². The lowest BCUT2D eigenvalue weighted by Gasteiger charge is -2.35. The van der Waals surface area contributed by atoms with Crippen LogP contribution < -0.4 is 0 Å². The van der Waals surface area contributed by atoms with Gasteiger partial charge in [0.15, 0.2) is 0 Å². The normalized spacial score (nSPS) is 18.4. The first-order chi connectivity index (χ1) is 10.0. The van der Waals surface area contributed by atoms with Gasteiger partial charge in [-0.05, 0) is 31.4 Å². The lowest BCUT2D eigenvalue weighted by Crippen LogP contribution is -2.45. The third-order valence-electron chi connectivity index (χ3n) is 3.63. The molecule has 1 aliphatic heterocycles. The molecule has 21 heavy (non-hydrogen) atoms. The first kappa shape index (κ1) is 15.4. The quantitative estimate of drug-likeness (QED) is 0.805. The van der Waals surface area contributed by atoms with Gasteiger partial charge in [0.2, 0.25) is 0 Å². The van der Waals surface area contributed by atoms with E-state index >= 15 is 0 Å². The highest BCUT2D eigenvalue weighted by molar-refractivity contribution is 5.94. The zero-order chi connectivity index (χ0) is 15.4. The highest BCUT2D eigenvalue weighted by Crippen LogP contribution is 2.23. The van der Waals surface area contributed by atoms with E-state index in [0.29, 0.717) is 13.0 Å². The van der Waals surface area contributed by atoms with Gasteiger partial charge in [-0.3, -0.25) is 9.59 Å². The minimum atomic E-state index is -0.792. The van der Waals surface area contributed by atoms with Gasteiger partial charge in [-0.2, -0.15) is 0 Å². The maximum atomic E-state index is 13.2. The topological polar surface area (TPSA) is 46.6 Å². The molecule has 1 heterocycles. The Labute approximate surface area is 121 Å². The maximum absolute atomic E-state index is 13.2. The fraction of sp³-hybridized carbons (Fsp3) is 0.467. The van der Waals surface area contributed by atoms with E-state index in [1.807, 2.05) is 0 Å². The first-order valence-electron chi connectivity index (χ1n) is 6.85. The average molecular weight is 297 g/mol. The van der Waals surface area contributed by atoms with E-state index in [0.717, 1.165) is 31.0 Å². The SMILES string of the molecule is COC(=O)CC1CCCCN1C(=O)c1cc(F)cc(F)c1. The second-order valence-electron chi connectivity index (χ2n) is 5.09. The molecule has 0 radical (unpaired) electrons. The fourth-order valence-electron chi connectivity index (χ4n) is 2.60. The lowest BCUT2D eigenvalue weighted by molar-refractivity contribution is -0.142. The highest BCUT2D eigenvalue weighted by atomic mass is 19.1. The number of carbonyl (C=O) groups excluding carboxylic acids is 2. The van der Waals surface area contributed by atoms with Crippen LogP contribution in [0.15, 0.2) is 18.2 Å². The number of amides is 1. The van der Waals surface area contributed by atoms with E-state index in [9.17, 15) is 18.4 Å². The van der Waals surface area contributed by atoms with E-state index < -0.39 is 23.5 Å². The summed E-state index contributed by atoms with van der Waals surface area (Å²) in [6, 6.07) is 2.45. The molecule has 0 aliphatic carbocycles. The van der Waals surface area contributed by atoms with Gasteiger partial charge in [-0.25, -0.2) is 8.78 Å². The summed E-state index contributed by atoms with van der Waals surface area (Å²) in [5.41, 5.74) is -0.0377. The molecule has 0 aromatic heterocycles. The molecule has 1 aromatic carbocycles. The molecule has 0 bridgehead atoms. The van der Waals surface area contributed by atoms with Crippen LogP contribution in [0.2, 0.25) is 0 Å². The molecule has 114 valence electrons. The van der Waals surface area contributed by atoms with Crippen molar-refractivity contribution >= 4 is 11.9 Å². The van der Waals surface area contributed by atoms with Crippen molar-refractivity contribution in [2.45, 2.75) is 31.7 Å². The number of likely N-dealkylation sites (tertiary alicyclic amines) is 1. The molecule has 0 spiro atoms. The summed E-state index contributed by atoms with van der Waals surface area (Å²) in [5.74, 6) is -2.44. The number of rotatable bonds is 3. The van der Waals surface area contributed by atoms with Crippen molar-refractivity contribution in [3.8, 4) is 0 Å². The Hall–Kier alpha value is -1.98. The van der Waals surface area contributed by atoms with E-state index in [4.69, 9.17) is 0 Å². The Bertz CT molecular complexity index is 527. The number of ether oxygens (including phenoxy) is 1. The number of nitrogens with zero attached hydrogens (tertiary/aromatic N) is 1. The van der Waals surface area contributed by atoms with Crippen LogP contribution in [0.25, 0.3) is 0 Å². The summed E-state index contributed by atoms with van der Waals surface area (Å²) < 4.78 is 31.1. The zero-order valence-electron chi connectivity index (χ0n) is 11.8. The van der Waals surface area contributed by atoms with Crippen LogP contribution in [-0.2, 0) is 9.53 Å². The Balaban J connectivity index is 2.19. The Kier molecular flexibility index (Phi) is 4.88. The van der Waals surface area contributed by atoms with Crippen LogP contribution in [0, 0.1) is 11.6 Å². The molecule has 1 aromatic rings. The molecule has 1 amide bonds. The number of hydrogen-bond donors (Lipinski definition) is 0. The van der Waals surface area contributed by atoms with Gasteiger partial charge < -0.3 is 9.64 Å². The third-order valence-corrected chi connectivity index (χ3v) is 3.63. The number of hydrogen-bond acceptors (Lipinski definition) is 3. The van der Waals surface area contributed by atoms with Gasteiger partial charge in [0.1, 0.15) is 11.6 Å². The molecular formula is C15H17F2NO3. The van der Waals surface area contributed by atoms with Crippen LogP contribution in [0.5, 0.6) is 0 Å². The Morgan fingerprint density at radius 2 is 1.90 bits per heavy atom. The summed E-state index contributed by atoms with van der Waals surface area (Å²) in [6.45, 7) is 0.471. The highest BCUT2D eigenvalue weighted by Gasteiger charge is 2.29. The lowest BCUT2D eigenvalue weighted by atomic mass is 9.98. The number of carbonyl (C=O) groups is 2. The Morgan fingerprint density at radius 1 is 1.24 bits per heavy atom. The van der Waals surface area contributed by atoms with E-state index in [1.165, 1.54) is 12.0 Å². The number of esters is 1. The van der Waals surface area contributed by atoms with E-state index in [2.05, 4.69) is 4.74 Å². The number of piperidine rings is 1. The third kappa shape index (κ3) is 3.77. The molecule has 1 atom stereocenters. The molecule has 0 N–H and O–H groups in total. The van der Waals surface area contributed by atoms with Crippen molar-refractivity contribution < 1.29 is 23.1 Å². The molecule has 0 saturated carbocycles.